The Morgan fingerprint density at radius 2 is 2.19 bits per heavy atom. The van der Waals surface area contributed by atoms with Gasteiger partial charge in [-0.15, -0.1) is 10.2 Å². The van der Waals surface area contributed by atoms with E-state index in [0.717, 1.165) is 11.9 Å². The molecule has 1 N–H and O–H groups in total. The van der Waals surface area contributed by atoms with Crippen molar-refractivity contribution in [3.8, 4) is 0 Å². The zero-order chi connectivity index (χ0) is 15.0. The lowest BCUT2D eigenvalue weighted by Crippen LogP contribution is -2.00. The smallest absolute Gasteiger partial charge is 0.338 e. The molecule has 0 saturated carbocycles. The summed E-state index contributed by atoms with van der Waals surface area (Å²) in [6.45, 7) is 1.81. The maximum absolute atomic E-state index is 13.4. The van der Waals surface area contributed by atoms with Crippen LogP contribution >= 0.6 is 11.8 Å². The van der Waals surface area contributed by atoms with Crippen LogP contribution in [0.1, 0.15) is 16.2 Å². The van der Waals surface area contributed by atoms with E-state index in [0.29, 0.717) is 15.6 Å². The number of carboxylic acid groups (broad SMARTS) is 1. The van der Waals surface area contributed by atoms with Gasteiger partial charge in [0.05, 0.1) is 5.56 Å². The fraction of sp³-hybridized carbons (Fsp3) is 0.0769. The third-order valence-corrected chi connectivity index (χ3v) is 3.82. The van der Waals surface area contributed by atoms with Gasteiger partial charge in [-0.3, -0.25) is 4.40 Å². The van der Waals surface area contributed by atoms with E-state index in [1.54, 1.807) is 16.8 Å². The van der Waals surface area contributed by atoms with Gasteiger partial charge in [0, 0.05) is 17.3 Å². The molecule has 0 fully saturated rings. The molecule has 106 valence electrons. The lowest BCUT2D eigenvalue weighted by Gasteiger charge is -2.04. The Bertz CT molecular complexity index is 849. The fourth-order valence-corrected chi connectivity index (χ4v) is 2.71. The van der Waals surface area contributed by atoms with Gasteiger partial charge < -0.3 is 5.11 Å². The first-order valence-corrected chi connectivity index (χ1v) is 6.75. The summed E-state index contributed by atoms with van der Waals surface area (Å²) >= 11 is 1.21. The Labute approximate surface area is 122 Å². The minimum absolute atomic E-state index is 0.371. The van der Waals surface area contributed by atoms with Crippen LogP contribution in [0.15, 0.2) is 40.5 Å². The minimum atomic E-state index is -1.31. The van der Waals surface area contributed by atoms with Crippen LogP contribution in [0.2, 0.25) is 0 Å². The van der Waals surface area contributed by atoms with Crippen molar-refractivity contribution in [2.45, 2.75) is 16.8 Å². The zero-order valence-corrected chi connectivity index (χ0v) is 11.6. The first-order chi connectivity index (χ1) is 10.1. The number of aromatic carboxylic acids is 1. The summed E-state index contributed by atoms with van der Waals surface area (Å²) in [6, 6.07) is 3.90. The van der Waals surface area contributed by atoms with E-state index in [2.05, 4.69) is 15.2 Å². The lowest BCUT2D eigenvalue weighted by molar-refractivity contribution is 0.0691. The largest absolute Gasteiger partial charge is 0.478 e. The van der Waals surface area contributed by atoms with Crippen LogP contribution in [-0.2, 0) is 0 Å². The highest BCUT2D eigenvalue weighted by atomic mass is 32.2. The predicted octanol–water partition coefficient (Wildman–Crippen LogP) is 2.42. The molecule has 0 amide bonds. The summed E-state index contributed by atoms with van der Waals surface area (Å²) in [5, 5.41) is 17.5. The van der Waals surface area contributed by atoms with Crippen LogP contribution in [0.25, 0.3) is 5.65 Å². The van der Waals surface area contributed by atoms with E-state index in [-0.39, 0.29) is 5.56 Å². The highest BCUT2D eigenvalue weighted by Gasteiger charge is 2.14. The molecule has 0 spiro atoms. The maximum atomic E-state index is 13.4. The van der Waals surface area contributed by atoms with E-state index in [4.69, 9.17) is 5.11 Å². The van der Waals surface area contributed by atoms with Crippen molar-refractivity contribution in [3.05, 3.63) is 47.8 Å². The highest BCUT2D eigenvalue weighted by molar-refractivity contribution is 7.99. The number of hydrogen-bond donors (Lipinski definition) is 1. The number of aryl methyl sites for hydroxylation is 1. The quantitative estimate of drug-likeness (QED) is 0.800. The van der Waals surface area contributed by atoms with E-state index in [1.165, 1.54) is 23.9 Å². The summed E-state index contributed by atoms with van der Waals surface area (Å²) in [5.74, 6) is -1.35. The Kier molecular flexibility index (Phi) is 3.30. The molecule has 2 heterocycles. The van der Waals surface area contributed by atoms with Gasteiger partial charge in [-0.2, -0.15) is 0 Å². The van der Waals surface area contributed by atoms with Crippen LogP contribution in [0.5, 0.6) is 0 Å². The van der Waals surface area contributed by atoms with Crippen molar-refractivity contribution in [1.82, 2.24) is 19.6 Å². The number of hydrogen-bond acceptors (Lipinski definition) is 5. The van der Waals surface area contributed by atoms with Crippen LogP contribution in [0.4, 0.5) is 4.39 Å². The standard InChI is InChI=1S/C13H9FN4O2S/c1-7-16-17-11-12(15-4-5-18(7)11)21-8-2-3-10(14)9(6-8)13(19)20/h2-6H,1H3,(H,19,20). The normalized spacial score (nSPS) is 11.0. The summed E-state index contributed by atoms with van der Waals surface area (Å²) < 4.78 is 15.2. The summed E-state index contributed by atoms with van der Waals surface area (Å²) in [5.41, 5.74) is 0.200. The predicted molar refractivity (Wildman–Crippen MR) is 73.0 cm³/mol. The lowest BCUT2D eigenvalue weighted by atomic mass is 10.2. The number of carbonyl (C=O) groups is 1. The minimum Gasteiger partial charge on any atom is -0.478 e. The second-order valence-corrected chi connectivity index (χ2v) is 5.28. The van der Waals surface area contributed by atoms with E-state index in [1.807, 2.05) is 6.92 Å². The molecule has 0 bridgehead atoms. The molecule has 2 aromatic heterocycles. The van der Waals surface area contributed by atoms with Gasteiger partial charge in [0.15, 0.2) is 5.65 Å². The zero-order valence-electron chi connectivity index (χ0n) is 10.8. The molecule has 3 aromatic rings. The van der Waals surface area contributed by atoms with Crippen LogP contribution in [-0.4, -0.2) is 30.7 Å². The van der Waals surface area contributed by atoms with Crippen molar-refractivity contribution < 1.29 is 14.3 Å². The topological polar surface area (TPSA) is 80.4 Å². The SMILES string of the molecule is Cc1nnc2c(Sc3ccc(F)c(C(=O)O)c3)nccn12. The van der Waals surface area contributed by atoms with Gasteiger partial charge >= 0.3 is 5.97 Å². The van der Waals surface area contributed by atoms with Crippen molar-refractivity contribution in [1.29, 1.82) is 0 Å². The molecule has 0 unspecified atom stereocenters. The highest BCUT2D eigenvalue weighted by Crippen LogP contribution is 2.29. The molecule has 0 aliphatic rings. The number of benzene rings is 1. The molecule has 1 aromatic carbocycles. The molecule has 0 aliphatic carbocycles. The number of fused-ring (bicyclic) bond motifs is 1. The molecule has 8 heteroatoms. The monoisotopic (exact) mass is 304 g/mol. The first kappa shape index (κ1) is 13.5. The van der Waals surface area contributed by atoms with Crippen molar-refractivity contribution in [2.24, 2.45) is 0 Å². The molecule has 0 radical (unpaired) electrons. The third-order valence-electron chi connectivity index (χ3n) is 2.85. The van der Waals surface area contributed by atoms with E-state index >= 15 is 0 Å². The second-order valence-electron chi connectivity index (χ2n) is 4.22. The Hall–Kier alpha value is -2.48. The van der Waals surface area contributed by atoms with Gasteiger partial charge in [0.1, 0.15) is 16.7 Å². The maximum Gasteiger partial charge on any atom is 0.338 e. The molecule has 21 heavy (non-hydrogen) atoms. The Morgan fingerprint density at radius 3 is 2.95 bits per heavy atom. The summed E-state index contributed by atoms with van der Waals surface area (Å²) in [6.07, 6.45) is 3.34. The Balaban J connectivity index is 2.03. The summed E-state index contributed by atoms with van der Waals surface area (Å²) in [4.78, 5) is 15.7. The van der Waals surface area contributed by atoms with Crippen molar-refractivity contribution in [2.75, 3.05) is 0 Å². The average Bonchev–Trinajstić information content (AvgIpc) is 2.84. The molecule has 0 atom stereocenters. The average molecular weight is 304 g/mol. The molecule has 0 aliphatic heterocycles. The molecular formula is C13H9FN4O2S. The van der Waals surface area contributed by atoms with Gasteiger partial charge in [-0.05, 0) is 25.1 Å². The fourth-order valence-electron chi connectivity index (χ4n) is 1.83. The number of carboxylic acids is 1. The van der Waals surface area contributed by atoms with Gasteiger partial charge in [0.25, 0.3) is 0 Å². The van der Waals surface area contributed by atoms with Gasteiger partial charge in [-0.25, -0.2) is 14.2 Å². The van der Waals surface area contributed by atoms with Crippen LogP contribution in [0, 0.1) is 12.7 Å². The van der Waals surface area contributed by atoms with Crippen molar-refractivity contribution in [3.63, 3.8) is 0 Å². The molecule has 6 nitrogen and oxygen atoms in total. The van der Waals surface area contributed by atoms with Crippen LogP contribution < -0.4 is 0 Å². The third kappa shape index (κ3) is 2.45. The van der Waals surface area contributed by atoms with Crippen LogP contribution in [0.3, 0.4) is 0 Å². The molecule has 0 saturated heterocycles. The van der Waals surface area contributed by atoms with Gasteiger partial charge in [0.2, 0.25) is 0 Å². The van der Waals surface area contributed by atoms with E-state index < -0.39 is 11.8 Å². The molecular weight excluding hydrogens is 295 g/mol. The number of nitrogens with zero attached hydrogens (tertiary/aromatic N) is 4. The second kappa shape index (κ2) is 5.13. The van der Waals surface area contributed by atoms with E-state index in [9.17, 15) is 9.18 Å². The van der Waals surface area contributed by atoms with Crippen molar-refractivity contribution >= 4 is 23.4 Å². The number of halogens is 1. The Morgan fingerprint density at radius 1 is 1.38 bits per heavy atom. The summed E-state index contributed by atoms with van der Waals surface area (Å²) in [7, 11) is 0. The molecule has 3 rings (SSSR count). The first-order valence-electron chi connectivity index (χ1n) is 5.93. The number of aromatic nitrogens is 4. The number of rotatable bonds is 3. The van der Waals surface area contributed by atoms with Gasteiger partial charge in [-0.1, -0.05) is 11.8 Å².